The number of piperidine rings is 1. The fourth-order valence-corrected chi connectivity index (χ4v) is 3.10. The Labute approximate surface area is 134 Å². The molecule has 1 aromatic rings. The first-order chi connectivity index (χ1) is 10.3. The van der Waals surface area contributed by atoms with Gasteiger partial charge in [0, 0.05) is 13.1 Å². The number of likely N-dealkylation sites (tertiary alicyclic amines) is 1. The van der Waals surface area contributed by atoms with Crippen molar-refractivity contribution in [1.29, 1.82) is 0 Å². The lowest BCUT2D eigenvalue weighted by molar-refractivity contribution is 0.302. The third kappa shape index (κ3) is 4.99. The molecule has 0 aromatic heterocycles. The Hall–Kier alpha value is -1.09. The molecule has 0 unspecified atom stereocenters. The van der Waals surface area contributed by atoms with Crippen molar-refractivity contribution in [3.05, 3.63) is 29.8 Å². The minimum atomic E-state index is 0.791. The molecular weight excluding hydrogens is 278 g/mol. The van der Waals surface area contributed by atoms with Crippen molar-refractivity contribution >= 4 is 17.2 Å². The largest absolute Gasteiger partial charge is 0.493 e. The summed E-state index contributed by atoms with van der Waals surface area (Å²) in [5.41, 5.74) is 1.09. The molecule has 0 aliphatic carbocycles. The maximum atomic E-state index is 5.98. The molecule has 0 saturated carbocycles. The van der Waals surface area contributed by atoms with Gasteiger partial charge in [-0.25, -0.2) is 0 Å². The maximum Gasteiger partial charge on any atom is 0.129 e. The van der Waals surface area contributed by atoms with E-state index in [1.807, 2.05) is 12.1 Å². The summed E-state index contributed by atoms with van der Waals surface area (Å²) < 4.78 is 5.98. The van der Waals surface area contributed by atoms with Gasteiger partial charge in [-0.15, -0.1) is 0 Å². The van der Waals surface area contributed by atoms with Crippen LogP contribution in [0.25, 0.3) is 0 Å². The molecule has 21 heavy (non-hydrogen) atoms. The number of unbranched alkanes of at least 4 members (excludes halogenated alkanes) is 3. The third-order valence-electron chi connectivity index (χ3n) is 4.02. The Bertz CT molecular complexity index is 441. The molecule has 0 radical (unpaired) electrons. The van der Waals surface area contributed by atoms with Gasteiger partial charge >= 0.3 is 0 Å². The SMILES string of the molecule is CCCCCCOc1ccccc1C(=S)N1CCCCC1. The molecule has 1 aromatic carbocycles. The lowest BCUT2D eigenvalue weighted by Gasteiger charge is -2.29. The number of para-hydroxylation sites is 1. The molecule has 1 saturated heterocycles. The number of thiocarbonyl (C=S) groups is 1. The van der Waals surface area contributed by atoms with E-state index in [1.165, 1.54) is 38.5 Å². The van der Waals surface area contributed by atoms with E-state index in [2.05, 4.69) is 24.0 Å². The zero-order chi connectivity index (χ0) is 14.9. The lowest BCUT2D eigenvalue weighted by atomic mass is 10.1. The highest BCUT2D eigenvalue weighted by Gasteiger charge is 2.17. The highest BCUT2D eigenvalue weighted by molar-refractivity contribution is 7.80. The van der Waals surface area contributed by atoms with E-state index in [9.17, 15) is 0 Å². The molecule has 2 nitrogen and oxygen atoms in total. The van der Waals surface area contributed by atoms with E-state index < -0.39 is 0 Å². The molecule has 2 rings (SSSR count). The van der Waals surface area contributed by atoms with Crippen molar-refractivity contribution in [3.63, 3.8) is 0 Å². The summed E-state index contributed by atoms with van der Waals surface area (Å²) in [4.78, 5) is 3.29. The topological polar surface area (TPSA) is 12.5 Å². The van der Waals surface area contributed by atoms with Crippen LogP contribution in [0.2, 0.25) is 0 Å². The predicted molar refractivity (Wildman–Crippen MR) is 93.2 cm³/mol. The Morgan fingerprint density at radius 1 is 1.10 bits per heavy atom. The van der Waals surface area contributed by atoms with Gasteiger partial charge in [0.2, 0.25) is 0 Å². The van der Waals surface area contributed by atoms with Gasteiger partial charge in [0.25, 0.3) is 0 Å². The number of nitrogens with zero attached hydrogens (tertiary/aromatic N) is 1. The van der Waals surface area contributed by atoms with Crippen LogP contribution in [0, 0.1) is 0 Å². The van der Waals surface area contributed by atoms with Crippen LogP contribution in [0.1, 0.15) is 57.4 Å². The lowest BCUT2D eigenvalue weighted by Crippen LogP contribution is -2.35. The molecule has 1 aliphatic rings. The van der Waals surface area contributed by atoms with Gasteiger partial charge in [-0.1, -0.05) is 50.5 Å². The Morgan fingerprint density at radius 3 is 2.62 bits per heavy atom. The van der Waals surface area contributed by atoms with E-state index in [4.69, 9.17) is 17.0 Å². The number of hydrogen-bond acceptors (Lipinski definition) is 2. The van der Waals surface area contributed by atoms with Crippen LogP contribution >= 0.6 is 12.2 Å². The van der Waals surface area contributed by atoms with E-state index >= 15 is 0 Å². The van der Waals surface area contributed by atoms with Crippen molar-refractivity contribution in [2.75, 3.05) is 19.7 Å². The van der Waals surface area contributed by atoms with Gasteiger partial charge in [0.15, 0.2) is 0 Å². The Morgan fingerprint density at radius 2 is 1.86 bits per heavy atom. The molecule has 1 aliphatic heterocycles. The fraction of sp³-hybridized carbons (Fsp3) is 0.611. The average Bonchev–Trinajstić information content (AvgIpc) is 2.55. The van der Waals surface area contributed by atoms with Crippen molar-refractivity contribution in [3.8, 4) is 5.75 Å². The number of ether oxygens (including phenoxy) is 1. The van der Waals surface area contributed by atoms with Crippen molar-refractivity contribution in [2.45, 2.75) is 51.9 Å². The zero-order valence-electron chi connectivity index (χ0n) is 13.1. The minimum absolute atomic E-state index is 0.791. The first kappa shape index (κ1) is 16.3. The highest BCUT2D eigenvalue weighted by Crippen LogP contribution is 2.23. The van der Waals surface area contributed by atoms with Crippen LogP contribution in [0.15, 0.2) is 24.3 Å². The van der Waals surface area contributed by atoms with Crippen molar-refractivity contribution in [1.82, 2.24) is 4.90 Å². The van der Waals surface area contributed by atoms with Crippen LogP contribution in [0.5, 0.6) is 5.75 Å². The second-order valence-corrected chi connectivity index (χ2v) is 6.14. The molecular formula is C18H27NOS. The predicted octanol–water partition coefficient (Wildman–Crippen LogP) is 4.81. The van der Waals surface area contributed by atoms with Crippen LogP contribution in [-0.4, -0.2) is 29.6 Å². The maximum absolute atomic E-state index is 5.98. The second kappa shape index (κ2) is 9.04. The summed E-state index contributed by atoms with van der Waals surface area (Å²) in [5.74, 6) is 0.949. The normalized spacial score (nSPS) is 15.0. The summed E-state index contributed by atoms with van der Waals surface area (Å²) >= 11 is 5.69. The quantitative estimate of drug-likeness (QED) is 0.530. The third-order valence-corrected chi connectivity index (χ3v) is 4.49. The van der Waals surface area contributed by atoms with Gasteiger partial charge in [-0.05, 0) is 37.8 Å². The molecule has 3 heteroatoms. The van der Waals surface area contributed by atoms with E-state index in [-0.39, 0.29) is 0 Å². The number of hydrogen-bond donors (Lipinski definition) is 0. The first-order valence-corrected chi connectivity index (χ1v) is 8.75. The second-order valence-electron chi connectivity index (χ2n) is 5.76. The van der Waals surface area contributed by atoms with Crippen molar-refractivity contribution < 1.29 is 4.74 Å². The van der Waals surface area contributed by atoms with E-state index in [1.54, 1.807) is 0 Å². The van der Waals surface area contributed by atoms with E-state index in [0.29, 0.717) is 0 Å². The average molecular weight is 305 g/mol. The fourth-order valence-electron chi connectivity index (χ4n) is 2.75. The molecule has 0 spiro atoms. The monoisotopic (exact) mass is 305 g/mol. The summed E-state index contributed by atoms with van der Waals surface area (Å²) in [7, 11) is 0. The molecule has 0 atom stereocenters. The van der Waals surface area contributed by atoms with Gasteiger partial charge in [-0.2, -0.15) is 0 Å². The number of rotatable bonds is 7. The summed E-state index contributed by atoms with van der Waals surface area (Å²) in [6, 6.07) is 8.23. The van der Waals surface area contributed by atoms with E-state index in [0.717, 1.165) is 42.4 Å². The Balaban J connectivity index is 1.94. The minimum Gasteiger partial charge on any atom is -0.493 e. The summed E-state index contributed by atoms with van der Waals surface area (Å²) in [5, 5.41) is 0. The molecule has 0 bridgehead atoms. The smallest absolute Gasteiger partial charge is 0.129 e. The standard InChI is InChI=1S/C18H27NOS/c1-2-3-4-10-15-20-17-12-7-6-11-16(17)18(21)19-13-8-5-9-14-19/h6-7,11-12H,2-5,8-10,13-15H2,1H3. The van der Waals surface area contributed by atoms with Crippen LogP contribution in [0.3, 0.4) is 0 Å². The van der Waals surface area contributed by atoms with Gasteiger partial charge in [-0.3, -0.25) is 0 Å². The van der Waals surface area contributed by atoms with Crippen LogP contribution < -0.4 is 4.74 Å². The summed E-state index contributed by atoms with van der Waals surface area (Å²) in [6.45, 7) is 5.19. The zero-order valence-corrected chi connectivity index (χ0v) is 14.0. The molecule has 1 heterocycles. The van der Waals surface area contributed by atoms with Crippen molar-refractivity contribution in [2.24, 2.45) is 0 Å². The van der Waals surface area contributed by atoms with Crippen LogP contribution in [0.4, 0.5) is 0 Å². The molecule has 116 valence electrons. The highest BCUT2D eigenvalue weighted by atomic mass is 32.1. The molecule has 0 N–H and O–H groups in total. The number of benzene rings is 1. The Kier molecular flexibility index (Phi) is 7.01. The molecule has 1 fully saturated rings. The molecule has 0 amide bonds. The first-order valence-electron chi connectivity index (χ1n) is 8.34. The van der Waals surface area contributed by atoms with Gasteiger partial charge in [0.1, 0.15) is 10.7 Å². The van der Waals surface area contributed by atoms with Gasteiger partial charge < -0.3 is 9.64 Å². The van der Waals surface area contributed by atoms with Crippen LogP contribution in [-0.2, 0) is 0 Å². The summed E-state index contributed by atoms with van der Waals surface area (Å²) in [6.07, 6.45) is 8.75. The van der Waals surface area contributed by atoms with Gasteiger partial charge in [0.05, 0.1) is 12.2 Å².